The highest BCUT2D eigenvalue weighted by atomic mass is 35.5. The highest BCUT2D eigenvalue weighted by Crippen LogP contribution is 2.30. The summed E-state index contributed by atoms with van der Waals surface area (Å²) in [7, 11) is -2.09. The van der Waals surface area contributed by atoms with E-state index in [4.69, 9.17) is 23.2 Å². The fraction of sp³-hybridized carbons (Fsp3) is 0.316. The zero-order chi connectivity index (χ0) is 20.2. The molecule has 5 nitrogen and oxygen atoms in total. The maximum absolute atomic E-state index is 13.1. The molecule has 8 heteroatoms. The molecule has 0 radical (unpaired) electrons. The molecule has 0 aliphatic rings. The van der Waals surface area contributed by atoms with Crippen molar-refractivity contribution in [3.63, 3.8) is 0 Å². The van der Waals surface area contributed by atoms with Gasteiger partial charge in [-0.25, -0.2) is 8.42 Å². The first-order valence-corrected chi connectivity index (χ1v) is 11.0. The Labute approximate surface area is 170 Å². The number of carbonyl (C=O) groups excluding carboxylic acids is 1. The molecule has 0 aliphatic carbocycles. The average molecular weight is 429 g/mol. The van der Waals surface area contributed by atoms with Gasteiger partial charge in [-0.05, 0) is 30.2 Å². The molecule has 0 heterocycles. The Balaban J connectivity index is 2.38. The SMILES string of the molecule is CC[C@H](C(=O)N(C)Cc1ccccc1)N(c1cc(Cl)cc(Cl)c1)S(C)(=O)=O. The van der Waals surface area contributed by atoms with Crippen molar-refractivity contribution in [2.45, 2.75) is 25.9 Å². The predicted molar refractivity (Wildman–Crippen MR) is 111 cm³/mol. The second-order valence-corrected chi connectivity index (χ2v) is 9.02. The Hall–Kier alpha value is -1.76. The van der Waals surface area contributed by atoms with Crippen molar-refractivity contribution in [3.05, 3.63) is 64.1 Å². The number of nitrogens with zero attached hydrogens (tertiary/aromatic N) is 2. The molecular weight excluding hydrogens is 407 g/mol. The van der Waals surface area contributed by atoms with Crippen LogP contribution in [0.15, 0.2) is 48.5 Å². The molecule has 0 aromatic heterocycles. The molecule has 1 amide bonds. The van der Waals surface area contributed by atoms with Crippen LogP contribution in [0.2, 0.25) is 10.0 Å². The van der Waals surface area contributed by atoms with Gasteiger partial charge < -0.3 is 4.90 Å². The highest BCUT2D eigenvalue weighted by molar-refractivity contribution is 7.92. The number of sulfonamides is 1. The maximum Gasteiger partial charge on any atom is 0.246 e. The van der Waals surface area contributed by atoms with Gasteiger partial charge in [-0.2, -0.15) is 0 Å². The van der Waals surface area contributed by atoms with Crippen LogP contribution in [0.3, 0.4) is 0 Å². The quantitative estimate of drug-likeness (QED) is 0.663. The summed E-state index contributed by atoms with van der Waals surface area (Å²) in [5, 5.41) is 0.595. The first-order valence-electron chi connectivity index (χ1n) is 8.38. The zero-order valence-corrected chi connectivity index (χ0v) is 17.7. The molecule has 2 aromatic rings. The summed E-state index contributed by atoms with van der Waals surface area (Å²) in [6.45, 7) is 2.15. The number of carbonyl (C=O) groups is 1. The Bertz CT molecular complexity index is 884. The molecule has 0 N–H and O–H groups in total. The van der Waals surface area contributed by atoms with Gasteiger partial charge in [0.15, 0.2) is 0 Å². The van der Waals surface area contributed by atoms with Crippen LogP contribution in [0.1, 0.15) is 18.9 Å². The topological polar surface area (TPSA) is 57.7 Å². The van der Waals surface area contributed by atoms with E-state index in [1.165, 1.54) is 23.1 Å². The van der Waals surface area contributed by atoms with Gasteiger partial charge >= 0.3 is 0 Å². The summed E-state index contributed by atoms with van der Waals surface area (Å²) < 4.78 is 26.1. The Morgan fingerprint density at radius 3 is 2.11 bits per heavy atom. The number of halogens is 2. The normalized spacial score (nSPS) is 12.5. The Kier molecular flexibility index (Phi) is 7.14. The van der Waals surface area contributed by atoms with Gasteiger partial charge in [0.1, 0.15) is 6.04 Å². The van der Waals surface area contributed by atoms with E-state index >= 15 is 0 Å². The summed E-state index contributed by atoms with van der Waals surface area (Å²) in [5.74, 6) is -0.303. The van der Waals surface area contributed by atoms with Crippen molar-refractivity contribution in [2.75, 3.05) is 17.6 Å². The lowest BCUT2D eigenvalue weighted by Crippen LogP contribution is -2.49. The summed E-state index contributed by atoms with van der Waals surface area (Å²) in [6, 6.07) is 13.1. The van der Waals surface area contributed by atoms with Crippen LogP contribution in [0.5, 0.6) is 0 Å². The summed E-state index contributed by atoms with van der Waals surface area (Å²) in [6.07, 6.45) is 1.37. The van der Waals surface area contributed by atoms with E-state index in [0.29, 0.717) is 23.0 Å². The second kappa shape index (κ2) is 8.95. The third-order valence-electron chi connectivity index (χ3n) is 4.05. The largest absolute Gasteiger partial charge is 0.340 e. The lowest BCUT2D eigenvalue weighted by atomic mass is 10.1. The zero-order valence-electron chi connectivity index (χ0n) is 15.4. The third-order valence-corrected chi connectivity index (χ3v) is 5.67. The van der Waals surface area contributed by atoms with Crippen LogP contribution in [-0.2, 0) is 21.4 Å². The van der Waals surface area contributed by atoms with Crippen LogP contribution >= 0.6 is 23.2 Å². The van der Waals surface area contributed by atoms with Crippen molar-refractivity contribution in [2.24, 2.45) is 0 Å². The van der Waals surface area contributed by atoms with Crippen LogP contribution in [-0.4, -0.2) is 38.6 Å². The van der Waals surface area contributed by atoms with Crippen molar-refractivity contribution < 1.29 is 13.2 Å². The van der Waals surface area contributed by atoms with Crippen LogP contribution in [0, 0.1) is 0 Å². The van der Waals surface area contributed by atoms with Crippen molar-refractivity contribution in [1.82, 2.24) is 4.90 Å². The lowest BCUT2D eigenvalue weighted by Gasteiger charge is -2.33. The minimum absolute atomic E-state index is 0.267. The molecule has 0 spiro atoms. The Morgan fingerprint density at radius 1 is 1.07 bits per heavy atom. The molecule has 0 bridgehead atoms. The number of likely N-dealkylation sites (N-methyl/N-ethyl adjacent to an activating group) is 1. The molecule has 0 saturated carbocycles. The van der Waals surface area contributed by atoms with E-state index < -0.39 is 16.1 Å². The van der Waals surface area contributed by atoms with E-state index in [2.05, 4.69) is 0 Å². The highest BCUT2D eigenvalue weighted by Gasteiger charge is 2.33. The number of anilines is 1. The lowest BCUT2D eigenvalue weighted by molar-refractivity contribution is -0.131. The van der Waals surface area contributed by atoms with Gasteiger partial charge in [0, 0.05) is 23.6 Å². The molecular formula is C19H22Cl2N2O3S. The van der Waals surface area contributed by atoms with E-state index in [9.17, 15) is 13.2 Å². The summed E-state index contributed by atoms with van der Waals surface area (Å²) in [5.41, 5.74) is 1.23. The fourth-order valence-corrected chi connectivity index (χ4v) is 4.60. The first-order chi connectivity index (χ1) is 12.6. The fourth-order valence-electron chi connectivity index (χ4n) is 2.90. The maximum atomic E-state index is 13.1. The van der Waals surface area contributed by atoms with E-state index in [0.717, 1.165) is 16.1 Å². The number of hydrogen-bond acceptors (Lipinski definition) is 3. The van der Waals surface area contributed by atoms with Crippen LogP contribution in [0.25, 0.3) is 0 Å². The molecule has 146 valence electrons. The third kappa shape index (κ3) is 5.61. The average Bonchev–Trinajstić information content (AvgIpc) is 2.57. The van der Waals surface area contributed by atoms with Gasteiger partial charge in [-0.15, -0.1) is 0 Å². The van der Waals surface area contributed by atoms with E-state index in [1.54, 1.807) is 14.0 Å². The summed E-state index contributed by atoms with van der Waals surface area (Å²) >= 11 is 12.1. The van der Waals surface area contributed by atoms with Gasteiger partial charge in [0.05, 0.1) is 11.9 Å². The predicted octanol–water partition coefficient (Wildman–Crippen LogP) is 4.20. The molecule has 0 fully saturated rings. The number of hydrogen-bond donors (Lipinski definition) is 0. The van der Waals surface area contributed by atoms with Crippen molar-refractivity contribution in [3.8, 4) is 0 Å². The van der Waals surface area contributed by atoms with Gasteiger partial charge in [0.2, 0.25) is 15.9 Å². The molecule has 0 saturated heterocycles. The smallest absolute Gasteiger partial charge is 0.246 e. The van der Waals surface area contributed by atoms with Crippen molar-refractivity contribution >= 4 is 44.8 Å². The summed E-state index contributed by atoms with van der Waals surface area (Å²) in [4.78, 5) is 14.6. The monoisotopic (exact) mass is 428 g/mol. The standard InChI is InChI=1S/C19H22Cl2N2O3S/c1-4-18(19(24)22(2)13-14-8-6-5-7-9-14)23(27(3,25)26)17-11-15(20)10-16(21)12-17/h5-12,18H,4,13H2,1-3H3/t18-/m1/s1. The number of rotatable bonds is 7. The van der Waals surface area contributed by atoms with Gasteiger partial charge in [-0.3, -0.25) is 9.10 Å². The molecule has 0 unspecified atom stereocenters. The van der Waals surface area contributed by atoms with Crippen LogP contribution in [0.4, 0.5) is 5.69 Å². The van der Waals surface area contributed by atoms with E-state index in [1.807, 2.05) is 30.3 Å². The number of amides is 1. The molecule has 2 aromatic carbocycles. The molecule has 2 rings (SSSR count). The van der Waals surface area contributed by atoms with E-state index in [-0.39, 0.29) is 11.6 Å². The minimum Gasteiger partial charge on any atom is -0.340 e. The first kappa shape index (κ1) is 21.5. The molecule has 27 heavy (non-hydrogen) atoms. The van der Waals surface area contributed by atoms with Gasteiger partial charge in [-0.1, -0.05) is 60.5 Å². The molecule has 1 atom stereocenters. The number of benzene rings is 2. The van der Waals surface area contributed by atoms with Crippen molar-refractivity contribution in [1.29, 1.82) is 0 Å². The molecule has 0 aliphatic heterocycles. The Morgan fingerprint density at radius 2 is 1.63 bits per heavy atom. The van der Waals surface area contributed by atoms with Gasteiger partial charge in [0.25, 0.3) is 0 Å². The van der Waals surface area contributed by atoms with Crippen LogP contribution < -0.4 is 4.31 Å². The second-order valence-electron chi connectivity index (χ2n) is 6.29. The minimum atomic E-state index is -3.75.